The standard InChI is InChI=1S/C20H16O7/c1-11(20(22)23-2)26-13-4-5-14-16(9-13)27-18(19(14)21)8-12-3-6-15-17(7-12)25-10-24-15/h3-9,11H,10H2,1-2H3/b18-8-. The van der Waals surface area contributed by atoms with Crippen molar-refractivity contribution in [2.24, 2.45) is 0 Å². The molecule has 2 aliphatic rings. The Kier molecular flexibility index (Phi) is 4.19. The predicted molar refractivity (Wildman–Crippen MR) is 94.0 cm³/mol. The highest BCUT2D eigenvalue weighted by molar-refractivity contribution is 6.14. The van der Waals surface area contributed by atoms with Crippen LogP contribution in [0.5, 0.6) is 23.0 Å². The zero-order valence-corrected chi connectivity index (χ0v) is 14.7. The van der Waals surface area contributed by atoms with Crippen molar-refractivity contribution in [3.05, 3.63) is 53.3 Å². The Morgan fingerprint density at radius 2 is 1.93 bits per heavy atom. The van der Waals surface area contributed by atoms with E-state index < -0.39 is 12.1 Å². The number of carbonyl (C=O) groups is 2. The summed E-state index contributed by atoms with van der Waals surface area (Å²) in [7, 11) is 1.29. The van der Waals surface area contributed by atoms with Crippen molar-refractivity contribution < 1.29 is 33.3 Å². The Balaban J connectivity index is 1.56. The van der Waals surface area contributed by atoms with Crippen LogP contribution in [0.25, 0.3) is 6.08 Å². The molecule has 2 heterocycles. The van der Waals surface area contributed by atoms with E-state index in [1.54, 1.807) is 43.3 Å². The van der Waals surface area contributed by atoms with Gasteiger partial charge < -0.3 is 23.7 Å². The fraction of sp³-hybridized carbons (Fsp3) is 0.200. The van der Waals surface area contributed by atoms with Crippen molar-refractivity contribution >= 4 is 17.8 Å². The van der Waals surface area contributed by atoms with Gasteiger partial charge in [-0.05, 0) is 42.8 Å². The second-order valence-electron chi connectivity index (χ2n) is 5.99. The summed E-state index contributed by atoms with van der Waals surface area (Å²) in [4.78, 5) is 24.0. The van der Waals surface area contributed by atoms with E-state index in [0.29, 0.717) is 28.6 Å². The van der Waals surface area contributed by atoms with Crippen LogP contribution >= 0.6 is 0 Å². The molecule has 1 unspecified atom stereocenters. The third-order valence-electron chi connectivity index (χ3n) is 4.18. The van der Waals surface area contributed by atoms with Crippen molar-refractivity contribution in [2.75, 3.05) is 13.9 Å². The monoisotopic (exact) mass is 368 g/mol. The Bertz CT molecular complexity index is 961. The van der Waals surface area contributed by atoms with Gasteiger partial charge in [0.25, 0.3) is 0 Å². The highest BCUT2D eigenvalue weighted by atomic mass is 16.7. The van der Waals surface area contributed by atoms with E-state index in [0.717, 1.165) is 5.56 Å². The van der Waals surface area contributed by atoms with Crippen molar-refractivity contribution in [3.63, 3.8) is 0 Å². The number of hydrogen-bond acceptors (Lipinski definition) is 7. The zero-order chi connectivity index (χ0) is 19.0. The number of benzene rings is 2. The normalized spacial score (nSPS) is 16.7. The highest BCUT2D eigenvalue weighted by Gasteiger charge is 2.28. The van der Waals surface area contributed by atoms with E-state index in [1.807, 2.05) is 6.07 Å². The van der Waals surface area contributed by atoms with E-state index in [-0.39, 0.29) is 18.3 Å². The second kappa shape index (κ2) is 6.68. The van der Waals surface area contributed by atoms with E-state index in [4.69, 9.17) is 18.9 Å². The van der Waals surface area contributed by atoms with Crippen LogP contribution in [0.2, 0.25) is 0 Å². The maximum Gasteiger partial charge on any atom is 0.346 e. The molecule has 1 atom stereocenters. The molecule has 4 rings (SSSR count). The lowest BCUT2D eigenvalue weighted by atomic mass is 10.1. The van der Waals surface area contributed by atoms with Gasteiger partial charge in [-0.1, -0.05) is 6.07 Å². The van der Waals surface area contributed by atoms with Crippen LogP contribution in [0.3, 0.4) is 0 Å². The van der Waals surface area contributed by atoms with Gasteiger partial charge in [-0.3, -0.25) is 4.79 Å². The van der Waals surface area contributed by atoms with Crippen molar-refractivity contribution in [3.8, 4) is 23.0 Å². The first kappa shape index (κ1) is 17.0. The summed E-state index contributed by atoms with van der Waals surface area (Å²) < 4.78 is 26.5. The number of methoxy groups -OCH3 is 1. The van der Waals surface area contributed by atoms with Crippen LogP contribution in [-0.2, 0) is 9.53 Å². The number of hydrogen-bond donors (Lipinski definition) is 0. The molecule has 0 spiro atoms. The lowest BCUT2D eigenvalue weighted by Crippen LogP contribution is -2.24. The molecule has 0 radical (unpaired) electrons. The number of ketones is 1. The van der Waals surface area contributed by atoms with E-state index >= 15 is 0 Å². The summed E-state index contributed by atoms with van der Waals surface area (Å²) in [5.74, 6) is 1.55. The molecule has 7 nitrogen and oxygen atoms in total. The summed E-state index contributed by atoms with van der Waals surface area (Å²) in [6, 6.07) is 10.2. The molecular weight excluding hydrogens is 352 g/mol. The molecule has 2 aliphatic heterocycles. The number of Topliss-reactive ketones (excluding diaryl/α,β-unsaturated/α-hetero) is 1. The molecule has 0 saturated heterocycles. The van der Waals surface area contributed by atoms with Gasteiger partial charge in [0.2, 0.25) is 12.6 Å². The molecule has 0 bridgehead atoms. The summed E-state index contributed by atoms with van der Waals surface area (Å²) >= 11 is 0. The summed E-state index contributed by atoms with van der Waals surface area (Å²) in [6.45, 7) is 1.76. The molecule has 138 valence electrons. The van der Waals surface area contributed by atoms with Crippen LogP contribution in [-0.4, -0.2) is 31.8 Å². The fourth-order valence-electron chi connectivity index (χ4n) is 2.81. The van der Waals surface area contributed by atoms with Gasteiger partial charge in [-0.15, -0.1) is 0 Å². The molecular formula is C20H16O7. The van der Waals surface area contributed by atoms with Crippen LogP contribution < -0.4 is 18.9 Å². The lowest BCUT2D eigenvalue weighted by Gasteiger charge is -2.12. The van der Waals surface area contributed by atoms with Crippen LogP contribution in [0.1, 0.15) is 22.8 Å². The van der Waals surface area contributed by atoms with Crippen molar-refractivity contribution in [2.45, 2.75) is 13.0 Å². The Morgan fingerprint density at radius 1 is 1.11 bits per heavy atom. The minimum atomic E-state index is -0.770. The Hall–Kier alpha value is -3.48. The largest absolute Gasteiger partial charge is 0.479 e. The molecule has 0 saturated carbocycles. The topological polar surface area (TPSA) is 80.3 Å². The smallest absolute Gasteiger partial charge is 0.346 e. The molecule has 0 fully saturated rings. The molecule has 0 amide bonds. The fourth-order valence-corrected chi connectivity index (χ4v) is 2.81. The minimum Gasteiger partial charge on any atom is -0.479 e. The summed E-state index contributed by atoms with van der Waals surface area (Å²) in [5, 5.41) is 0. The first-order valence-corrected chi connectivity index (χ1v) is 8.27. The van der Waals surface area contributed by atoms with Crippen LogP contribution in [0.15, 0.2) is 42.2 Å². The first-order valence-electron chi connectivity index (χ1n) is 8.27. The summed E-state index contributed by atoms with van der Waals surface area (Å²) in [6.07, 6.45) is 0.871. The SMILES string of the molecule is COC(=O)C(C)Oc1ccc2c(c1)O/C(=C\c1ccc3c(c1)OCO3)C2=O. The third kappa shape index (κ3) is 3.19. The van der Waals surface area contributed by atoms with Gasteiger partial charge in [-0.2, -0.15) is 0 Å². The molecule has 7 heteroatoms. The maximum absolute atomic E-state index is 12.6. The van der Waals surface area contributed by atoms with Gasteiger partial charge in [0.05, 0.1) is 12.7 Å². The Morgan fingerprint density at radius 3 is 2.74 bits per heavy atom. The first-order chi connectivity index (χ1) is 13.0. The molecule has 27 heavy (non-hydrogen) atoms. The van der Waals surface area contributed by atoms with Gasteiger partial charge in [0.1, 0.15) is 11.5 Å². The maximum atomic E-state index is 12.6. The Labute approximate surface area is 155 Å². The van der Waals surface area contributed by atoms with Gasteiger partial charge in [-0.25, -0.2) is 4.79 Å². The zero-order valence-electron chi connectivity index (χ0n) is 14.7. The van der Waals surface area contributed by atoms with Crippen LogP contribution in [0, 0.1) is 0 Å². The number of allylic oxidation sites excluding steroid dienone is 1. The second-order valence-corrected chi connectivity index (χ2v) is 5.99. The van der Waals surface area contributed by atoms with Gasteiger partial charge in [0, 0.05) is 6.07 Å². The molecule has 2 aromatic rings. The number of rotatable bonds is 4. The minimum absolute atomic E-state index is 0.184. The number of esters is 1. The van der Waals surface area contributed by atoms with E-state index in [1.165, 1.54) is 7.11 Å². The quantitative estimate of drug-likeness (QED) is 0.606. The molecule has 0 aliphatic carbocycles. The molecule has 2 aromatic carbocycles. The van der Waals surface area contributed by atoms with E-state index in [2.05, 4.69) is 4.74 Å². The van der Waals surface area contributed by atoms with Crippen LogP contribution in [0.4, 0.5) is 0 Å². The molecule has 0 aromatic heterocycles. The summed E-state index contributed by atoms with van der Waals surface area (Å²) in [5.41, 5.74) is 1.19. The average Bonchev–Trinajstić information content (AvgIpc) is 3.25. The predicted octanol–water partition coefficient (Wildman–Crippen LogP) is 2.97. The average molecular weight is 368 g/mol. The molecule has 0 N–H and O–H groups in total. The number of carbonyl (C=O) groups excluding carboxylic acids is 2. The third-order valence-corrected chi connectivity index (χ3v) is 4.18. The van der Waals surface area contributed by atoms with Crippen molar-refractivity contribution in [1.82, 2.24) is 0 Å². The van der Waals surface area contributed by atoms with E-state index in [9.17, 15) is 9.59 Å². The highest BCUT2D eigenvalue weighted by Crippen LogP contribution is 2.37. The van der Waals surface area contributed by atoms with Gasteiger partial charge in [0.15, 0.2) is 23.4 Å². The van der Waals surface area contributed by atoms with Crippen molar-refractivity contribution in [1.29, 1.82) is 0 Å². The van der Waals surface area contributed by atoms with Gasteiger partial charge >= 0.3 is 5.97 Å². The number of ether oxygens (including phenoxy) is 5. The lowest BCUT2D eigenvalue weighted by molar-refractivity contribution is -0.147. The number of fused-ring (bicyclic) bond motifs is 2.